The van der Waals surface area contributed by atoms with E-state index in [4.69, 9.17) is 5.11 Å². The lowest BCUT2D eigenvalue weighted by Gasteiger charge is -2.19. The molecule has 2 rings (SSSR count). The van der Waals surface area contributed by atoms with E-state index in [-0.39, 0.29) is 6.54 Å². The molecule has 0 fully saturated rings. The Bertz CT molecular complexity index is 497. The van der Waals surface area contributed by atoms with E-state index in [9.17, 15) is 4.79 Å². The first-order valence-corrected chi connectivity index (χ1v) is 6.30. The van der Waals surface area contributed by atoms with Crippen LogP contribution >= 0.6 is 24.4 Å². The Balaban J connectivity index is 2.21. The summed E-state index contributed by atoms with van der Waals surface area (Å²) in [7, 11) is 0. The highest BCUT2D eigenvalue weighted by Crippen LogP contribution is 2.32. The van der Waals surface area contributed by atoms with Crippen molar-refractivity contribution in [3.8, 4) is 0 Å². The number of carbonyl (C=O) groups is 1. The third-order valence-electron chi connectivity index (χ3n) is 2.18. The van der Waals surface area contributed by atoms with Crippen molar-refractivity contribution in [1.82, 2.24) is 4.90 Å². The molecule has 0 saturated carbocycles. The summed E-state index contributed by atoms with van der Waals surface area (Å²) in [5.74, 6) is -0.847. The smallest absolute Gasteiger partial charge is 0.323 e. The Morgan fingerprint density at radius 1 is 1.47 bits per heavy atom. The number of hydrogen-bond acceptors (Lipinski definition) is 4. The molecule has 0 bridgehead atoms. The molecule has 88 valence electrons. The van der Waals surface area contributed by atoms with Gasteiger partial charge < -0.3 is 10.0 Å². The van der Waals surface area contributed by atoms with E-state index in [0.29, 0.717) is 0 Å². The fourth-order valence-corrected chi connectivity index (χ4v) is 2.51. The summed E-state index contributed by atoms with van der Waals surface area (Å²) in [5, 5.41) is 10.6. The van der Waals surface area contributed by atoms with Gasteiger partial charge >= 0.3 is 5.97 Å². The Hall–Kier alpha value is -1.33. The summed E-state index contributed by atoms with van der Waals surface area (Å²) in [5.41, 5.74) is 1.04. The normalized spacial score (nSPS) is 14.6. The minimum atomic E-state index is -0.847. The monoisotopic (exact) mass is 265 g/mol. The summed E-state index contributed by atoms with van der Waals surface area (Å²) >= 11 is 5.86. The van der Waals surface area contributed by atoms with Crippen molar-refractivity contribution in [2.24, 2.45) is 0 Å². The molecule has 0 aliphatic carbocycles. The van der Waals surface area contributed by atoms with Crippen LogP contribution < -0.4 is 0 Å². The zero-order valence-electron chi connectivity index (χ0n) is 8.91. The summed E-state index contributed by atoms with van der Waals surface area (Å²) < 4.78 is 0. The van der Waals surface area contributed by atoms with Crippen LogP contribution in [0.1, 0.15) is 5.56 Å². The predicted octanol–water partition coefficient (Wildman–Crippen LogP) is 2.88. The van der Waals surface area contributed by atoms with Crippen molar-refractivity contribution in [3.63, 3.8) is 0 Å². The SMILES string of the molecule is O=C(O)CN1C=CSC(c2cccc(S)c2)=C1. The van der Waals surface area contributed by atoms with Gasteiger partial charge in [0.15, 0.2) is 0 Å². The van der Waals surface area contributed by atoms with Crippen LogP contribution in [0.3, 0.4) is 0 Å². The van der Waals surface area contributed by atoms with E-state index in [2.05, 4.69) is 12.6 Å². The number of carboxylic acids is 1. The first-order chi connectivity index (χ1) is 8.15. The lowest BCUT2D eigenvalue weighted by atomic mass is 10.2. The van der Waals surface area contributed by atoms with Gasteiger partial charge in [0, 0.05) is 22.2 Å². The minimum absolute atomic E-state index is 0.0267. The maximum atomic E-state index is 10.6. The molecule has 1 aromatic carbocycles. The van der Waals surface area contributed by atoms with Gasteiger partial charge in [-0.05, 0) is 23.1 Å². The van der Waals surface area contributed by atoms with Crippen LogP contribution in [0.4, 0.5) is 0 Å². The van der Waals surface area contributed by atoms with Crippen molar-refractivity contribution in [3.05, 3.63) is 47.6 Å². The van der Waals surface area contributed by atoms with Gasteiger partial charge in [0.1, 0.15) is 6.54 Å². The first kappa shape index (κ1) is 12.1. The first-order valence-electron chi connectivity index (χ1n) is 4.97. The lowest BCUT2D eigenvalue weighted by molar-refractivity contribution is -0.137. The molecular weight excluding hydrogens is 254 g/mol. The lowest BCUT2D eigenvalue weighted by Crippen LogP contribution is -2.20. The molecule has 0 aromatic heterocycles. The molecule has 0 saturated heterocycles. The largest absolute Gasteiger partial charge is 0.480 e. The van der Waals surface area contributed by atoms with E-state index in [1.807, 2.05) is 35.9 Å². The molecule has 0 unspecified atom stereocenters. The average Bonchev–Trinajstić information content (AvgIpc) is 2.28. The van der Waals surface area contributed by atoms with Crippen molar-refractivity contribution < 1.29 is 9.90 Å². The van der Waals surface area contributed by atoms with Crippen LogP contribution in [0.5, 0.6) is 0 Å². The molecule has 0 spiro atoms. The van der Waals surface area contributed by atoms with Crippen LogP contribution in [0.15, 0.2) is 47.0 Å². The summed E-state index contributed by atoms with van der Waals surface area (Å²) in [6.07, 6.45) is 3.59. The van der Waals surface area contributed by atoms with Gasteiger partial charge in [-0.25, -0.2) is 0 Å². The van der Waals surface area contributed by atoms with Crippen molar-refractivity contribution in [1.29, 1.82) is 0 Å². The van der Waals surface area contributed by atoms with E-state index in [1.165, 1.54) is 0 Å². The van der Waals surface area contributed by atoms with Gasteiger partial charge in [0.2, 0.25) is 0 Å². The van der Waals surface area contributed by atoms with Crippen molar-refractivity contribution in [2.75, 3.05) is 6.54 Å². The van der Waals surface area contributed by atoms with Crippen molar-refractivity contribution >= 4 is 35.3 Å². The number of rotatable bonds is 3. The van der Waals surface area contributed by atoms with Gasteiger partial charge in [0.25, 0.3) is 0 Å². The molecule has 3 nitrogen and oxygen atoms in total. The second-order valence-corrected chi connectivity index (χ2v) is 4.98. The third-order valence-corrected chi connectivity index (χ3v) is 3.31. The fourth-order valence-electron chi connectivity index (χ4n) is 1.46. The van der Waals surface area contributed by atoms with Crippen LogP contribution in [0.2, 0.25) is 0 Å². The maximum absolute atomic E-state index is 10.6. The molecule has 5 heteroatoms. The van der Waals surface area contributed by atoms with Crippen LogP contribution in [0, 0.1) is 0 Å². The second-order valence-electron chi connectivity index (χ2n) is 3.51. The number of aliphatic carboxylic acids is 1. The minimum Gasteiger partial charge on any atom is -0.480 e. The van der Waals surface area contributed by atoms with E-state index >= 15 is 0 Å². The Kier molecular flexibility index (Phi) is 3.81. The molecule has 1 aliphatic heterocycles. The van der Waals surface area contributed by atoms with E-state index in [1.54, 1.807) is 22.9 Å². The van der Waals surface area contributed by atoms with Crippen LogP contribution in [0.25, 0.3) is 4.91 Å². The number of thioether (sulfide) groups is 1. The van der Waals surface area contributed by atoms with Gasteiger partial charge in [-0.1, -0.05) is 23.9 Å². The van der Waals surface area contributed by atoms with Crippen LogP contribution in [-0.4, -0.2) is 22.5 Å². The van der Waals surface area contributed by atoms with Crippen LogP contribution in [-0.2, 0) is 4.79 Å². The third kappa shape index (κ3) is 3.31. The highest BCUT2D eigenvalue weighted by molar-refractivity contribution is 8.11. The highest BCUT2D eigenvalue weighted by Gasteiger charge is 2.10. The molecular formula is C12H11NO2S2. The molecule has 0 atom stereocenters. The maximum Gasteiger partial charge on any atom is 0.323 e. The average molecular weight is 265 g/mol. The molecule has 1 aromatic rings. The van der Waals surface area contributed by atoms with E-state index < -0.39 is 5.97 Å². The molecule has 1 N–H and O–H groups in total. The number of hydrogen-bond donors (Lipinski definition) is 2. The predicted molar refractivity (Wildman–Crippen MR) is 72.7 cm³/mol. The quantitative estimate of drug-likeness (QED) is 0.825. The fraction of sp³-hybridized carbons (Fsp3) is 0.0833. The molecule has 17 heavy (non-hydrogen) atoms. The zero-order chi connectivity index (χ0) is 12.3. The summed E-state index contributed by atoms with van der Waals surface area (Å²) in [6, 6.07) is 7.78. The topological polar surface area (TPSA) is 40.5 Å². The van der Waals surface area contributed by atoms with Crippen molar-refractivity contribution in [2.45, 2.75) is 4.90 Å². The Labute approximate surface area is 109 Å². The standard InChI is InChI=1S/C12H11NO2S2/c14-12(15)8-13-4-5-17-11(7-13)9-2-1-3-10(16)6-9/h1-7,16H,8H2,(H,14,15). The second kappa shape index (κ2) is 5.33. The summed E-state index contributed by atoms with van der Waals surface area (Å²) in [6.45, 7) is -0.0267. The van der Waals surface area contributed by atoms with Gasteiger partial charge in [-0.15, -0.1) is 12.6 Å². The molecule has 0 amide bonds. The van der Waals surface area contributed by atoms with Gasteiger partial charge in [0.05, 0.1) is 0 Å². The molecule has 1 aliphatic rings. The highest BCUT2D eigenvalue weighted by atomic mass is 32.2. The molecule has 1 heterocycles. The summed E-state index contributed by atoms with van der Waals surface area (Å²) in [4.78, 5) is 14.2. The number of thiol groups is 1. The Morgan fingerprint density at radius 2 is 2.29 bits per heavy atom. The number of nitrogens with zero attached hydrogens (tertiary/aromatic N) is 1. The van der Waals surface area contributed by atoms with Gasteiger partial charge in [-0.2, -0.15) is 0 Å². The number of carboxylic acid groups (broad SMARTS) is 1. The van der Waals surface area contributed by atoms with E-state index in [0.717, 1.165) is 15.4 Å². The molecule has 0 radical (unpaired) electrons. The Morgan fingerprint density at radius 3 is 3.00 bits per heavy atom. The van der Waals surface area contributed by atoms with Gasteiger partial charge in [-0.3, -0.25) is 4.79 Å². The number of benzene rings is 1. The zero-order valence-corrected chi connectivity index (χ0v) is 10.6.